The summed E-state index contributed by atoms with van der Waals surface area (Å²) in [5.74, 6) is -0.381. The van der Waals surface area contributed by atoms with E-state index < -0.39 is 0 Å². The van der Waals surface area contributed by atoms with Crippen LogP contribution in [-0.4, -0.2) is 18.1 Å². The van der Waals surface area contributed by atoms with E-state index in [1.807, 2.05) is 13.0 Å². The van der Waals surface area contributed by atoms with Gasteiger partial charge < -0.3 is 10.5 Å². The number of carbonyl (C=O) groups is 1. The Balaban J connectivity index is 2.75. The molecule has 1 heterocycles. The topological polar surface area (TPSA) is 65.2 Å². The van der Waals surface area contributed by atoms with Crippen molar-refractivity contribution < 1.29 is 9.53 Å². The molecule has 2 N–H and O–H groups in total. The monoisotopic (exact) mass is 222 g/mol. The van der Waals surface area contributed by atoms with Crippen LogP contribution >= 0.6 is 11.3 Å². The normalized spacial score (nSPS) is 10.5. The molecule has 0 amide bonds. The highest BCUT2D eigenvalue weighted by molar-refractivity contribution is 7.22. The summed E-state index contributed by atoms with van der Waals surface area (Å²) in [6, 6.07) is 3.71. The quantitative estimate of drug-likeness (QED) is 0.749. The summed E-state index contributed by atoms with van der Waals surface area (Å²) in [4.78, 5) is 15.6. The van der Waals surface area contributed by atoms with Crippen molar-refractivity contribution in [1.82, 2.24) is 4.98 Å². The predicted molar refractivity (Wildman–Crippen MR) is 60.1 cm³/mol. The van der Waals surface area contributed by atoms with Crippen molar-refractivity contribution in [2.75, 3.05) is 12.8 Å². The van der Waals surface area contributed by atoms with Crippen LogP contribution in [0.15, 0.2) is 12.1 Å². The molecule has 0 bridgehead atoms. The van der Waals surface area contributed by atoms with Gasteiger partial charge >= 0.3 is 5.97 Å². The van der Waals surface area contributed by atoms with Crippen LogP contribution in [0.4, 0.5) is 5.13 Å². The average Bonchev–Trinajstić information content (AvgIpc) is 2.55. The van der Waals surface area contributed by atoms with Gasteiger partial charge in [0.2, 0.25) is 0 Å². The van der Waals surface area contributed by atoms with E-state index in [-0.39, 0.29) is 5.97 Å². The molecule has 2 rings (SSSR count). The van der Waals surface area contributed by atoms with Gasteiger partial charge in [-0.05, 0) is 24.6 Å². The molecule has 5 heteroatoms. The van der Waals surface area contributed by atoms with E-state index in [1.54, 1.807) is 6.07 Å². The van der Waals surface area contributed by atoms with Gasteiger partial charge in [-0.3, -0.25) is 0 Å². The lowest BCUT2D eigenvalue weighted by atomic mass is 10.1. The first-order chi connectivity index (χ1) is 7.11. The number of fused-ring (bicyclic) bond motifs is 1. The third-order valence-corrected chi connectivity index (χ3v) is 2.89. The van der Waals surface area contributed by atoms with E-state index in [1.165, 1.54) is 18.4 Å². The predicted octanol–water partition coefficient (Wildman–Crippen LogP) is 1.97. The van der Waals surface area contributed by atoms with Gasteiger partial charge in [-0.15, -0.1) is 0 Å². The Hall–Kier alpha value is -1.62. The van der Waals surface area contributed by atoms with Crippen LogP contribution in [-0.2, 0) is 4.74 Å². The second-order valence-corrected chi connectivity index (χ2v) is 4.27. The van der Waals surface area contributed by atoms with E-state index in [0.29, 0.717) is 16.2 Å². The largest absolute Gasteiger partial charge is 0.465 e. The molecule has 0 unspecified atom stereocenters. The molecule has 0 saturated carbocycles. The Morgan fingerprint density at radius 2 is 2.27 bits per heavy atom. The smallest absolute Gasteiger partial charge is 0.340 e. The van der Waals surface area contributed by atoms with Crippen molar-refractivity contribution in [1.29, 1.82) is 0 Å². The molecule has 0 fully saturated rings. The molecule has 4 nitrogen and oxygen atoms in total. The highest BCUT2D eigenvalue weighted by atomic mass is 32.1. The molecule has 2 aromatic rings. The van der Waals surface area contributed by atoms with E-state index in [4.69, 9.17) is 10.5 Å². The molecule has 0 radical (unpaired) electrons. The summed E-state index contributed by atoms with van der Waals surface area (Å²) < 4.78 is 5.60. The zero-order valence-electron chi connectivity index (χ0n) is 8.40. The SMILES string of the molecule is COC(=O)c1cc(C)cc2sc(N)nc12. The average molecular weight is 222 g/mol. The van der Waals surface area contributed by atoms with Crippen LogP contribution < -0.4 is 5.73 Å². The number of aryl methyl sites for hydroxylation is 1. The fourth-order valence-corrected chi connectivity index (χ4v) is 2.31. The summed E-state index contributed by atoms with van der Waals surface area (Å²) in [5, 5.41) is 0.459. The van der Waals surface area contributed by atoms with Gasteiger partial charge in [-0.1, -0.05) is 11.3 Å². The number of benzene rings is 1. The number of methoxy groups -OCH3 is 1. The van der Waals surface area contributed by atoms with Crippen LogP contribution in [0.25, 0.3) is 10.2 Å². The number of esters is 1. The molecule has 0 saturated heterocycles. The minimum Gasteiger partial charge on any atom is -0.465 e. The third kappa shape index (κ3) is 1.66. The summed E-state index contributed by atoms with van der Waals surface area (Å²) in [5.41, 5.74) is 7.69. The van der Waals surface area contributed by atoms with Crippen molar-refractivity contribution in [3.05, 3.63) is 23.3 Å². The lowest BCUT2D eigenvalue weighted by molar-refractivity contribution is 0.0602. The number of rotatable bonds is 1. The van der Waals surface area contributed by atoms with Gasteiger partial charge in [0.1, 0.15) is 0 Å². The highest BCUT2D eigenvalue weighted by Crippen LogP contribution is 2.28. The van der Waals surface area contributed by atoms with Crippen LogP contribution in [0.2, 0.25) is 0 Å². The number of ether oxygens (including phenoxy) is 1. The summed E-state index contributed by atoms with van der Waals surface area (Å²) in [7, 11) is 1.35. The summed E-state index contributed by atoms with van der Waals surface area (Å²) in [6.07, 6.45) is 0. The standard InChI is InChI=1S/C10H10N2O2S/c1-5-3-6(9(13)14-2)8-7(4-5)15-10(11)12-8/h3-4H,1-2H3,(H2,11,12). The second kappa shape index (κ2) is 3.51. The summed E-state index contributed by atoms with van der Waals surface area (Å²) >= 11 is 1.37. The number of nitrogens with zero attached hydrogens (tertiary/aromatic N) is 1. The van der Waals surface area contributed by atoms with Gasteiger partial charge in [-0.25, -0.2) is 9.78 Å². The Morgan fingerprint density at radius 3 is 2.93 bits per heavy atom. The van der Waals surface area contributed by atoms with Gasteiger partial charge in [0.15, 0.2) is 5.13 Å². The minimum absolute atomic E-state index is 0.381. The van der Waals surface area contributed by atoms with Gasteiger partial charge in [0.25, 0.3) is 0 Å². The van der Waals surface area contributed by atoms with Crippen molar-refractivity contribution >= 4 is 32.7 Å². The van der Waals surface area contributed by atoms with Crippen LogP contribution in [0.5, 0.6) is 0 Å². The molecule has 78 valence electrons. The van der Waals surface area contributed by atoms with Gasteiger partial charge in [0, 0.05) is 0 Å². The molecule has 1 aromatic heterocycles. The Morgan fingerprint density at radius 1 is 1.53 bits per heavy atom. The van der Waals surface area contributed by atoms with Crippen molar-refractivity contribution in [3.63, 3.8) is 0 Å². The number of anilines is 1. The fraction of sp³-hybridized carbons (Fsp3) is 0.200. The maximum atomic E-state index is 11.5. The number of carbonyl (C=O) groups excluding carboxylic acids is 1. The molecule has 0 aliphatic carbocycles. The molecular weight excluding hydrogens is 212 g/mol. The molecule has 15 heavy (non-hydrogen) atoms. The first-order valence-corrected chi connectivity index (χ1v) is 5.18. The van der Waals surface area contributed by atoms with Crippen molar-refractivity contribution in [2.24, 2.45) is 0 Å². The number of hydrogen-bond acceptors (Lipinski definition) is 5. The van der Waals surface area contributed by atoms with Crippen LogP contribution in [0.3, 0.4) is 0 Å². The fourth-order valence-electron chi connectivity index (χ4n) is 1.45. The molecule has 0 aliphatic rings. The molecule has 0 aliphatic heterocycles. The Bertz CT molecular complexity index is 533. The maximum absolute atomic E-state index is 11.5. The summed E-state index contributed by atoms with van der Waals surface area (Å²) in [6.45, 7) is 1.92. The number of nitrogen functional groups attached to an aromatic ring is 1. The van der Waals surface area contributed by atoms with Gasteiger partial charge in [-0.2, -0.15) is 0 Å². The number of aromatic nitrogens is 1. The van der Waals surface area contributed by atoms with E-state index in [0.717, 1.165) is 10.3 Å². The maximum Gasteiger partial charge on any atom is 0.340 e. The lowest BCUT2D eigenvalue weighted by Crippen LogP contribution is -2.02. The zero-order valence-corrected chi connectivity index (χ0v) is 9.22. The minimum atomic E-state index is -0.381. The number of thiazole rings is 1. The first kappa shape index (κ1) is 9.92. The van der Waals surface area contributed by atoms with E-state index in [9.17, 15) is 4.79 Å². The van der Waals surface area contributed by atoms with Crippen LogP contribution in [0.1, 0.15) is 15.9 Å². The van der Waals surface area contributed by atoms with Crippen LogP contribution in [0, 0.1) is 6.92 Å². The Kier molecular flexibility index (Phi) is 2.32. The second-order valence-electron chi connectivity index (χ2n) is 3.20. The van der Waals surface area contributed by atoms with E-state index >= 15 is 0 Å². The number of nitrogens with two attached hydrogens (primary N) is 1. The third-order valence-electron chi connectivity index (χ3n) is 2.06. The Labute approximate surface area is 90.7 Å². The number of hydrogen-bond donors (Lipinski definition) is 1. The lowest BCUT2D eigenvalue weighted by Gasteiger charge is -2.01. The molecular formula is C10H10N2O2S. The first-order valence-electron chi connectivity index (χ1n) is 4.37. The van der Waals surface area contributed by atoms with Gasteiger partial charge in [0.05, 0.1) is 22.9 Å². The highest BCUT2D eigenvalue weighted by Gasteiger charge is 2.14. The molecule has 0 atom stereocenters. The zero-order chi connectivity index (χ0) is 11.0. The molecule has 0 spiro atoms. The van der Waals surface area contributed by atoms with Crippen molar-refractivity contribution in [3.8, 4) is 0 Å². The van der Waals surface area contributed by atoms with Crippen molar-refractivity contribution in [2.45, 2.75) is 6.92 Å². The molecule has 1 aromatic carbocycles. The van der Waals surface area contributed by atoms with E-state index in [2.05, 4.69) is 4.98 Å².